The van der Waals surface area contributed by atoms with Crippen molar-refractivity contribution in [2.24, 2.45) is 0 Å². The average molecular weight is 215 g/mol. The molecule has 3 atom stereocenters. The fourth-order valence-electron chi connectivity index (χ4n) is 2.59. The lowest BCUT2D eigenvalue weighted by atomic mass is 9.95. The summed E-state index contributed by atoms with van der Waals surface area (Å²) in [5.41, 5.74) is 1.42. The number of anilines is 1. The first-order valence-corrected chi connectivity index (χ1v) is 5.63. The third kappa shape index (κ3) is 1.63. The zero-order chi connectivity index (χ0) is 11.0. The second kappa shape index (κ2) is 3.76. The summed E-state index contributed by atoms with van der Waals surface area (Å²) in [5, 5.41) is 12.2. The van der Waals surface area contributed by atoms with Crippen LogP contribution in [0.4, 0.5) is 5.69 Å². The molecule has 0 radical (unpaired) electrons. The first kappa shape index (κ1) is 9.61. The van der Waals surface area contributed by atoms with Gasteiger partial charge in [-0.3, -0.25) is 0 Å². The van der Waals surface area contributed by atoms with Crippen LogP contribution in [0, 0.1) is 11.3 Å². The molecule has 2 aliphatic rings. The molecule has 4 heteroatoms. The molecule has 2 saturated heterocycles. The SMILES string of the molecule is N#Cc1cc(NC2CC3CCC2O3)ccn1. The van der Waals surface area contributed by atoms with E-state index in [0.29, 0.717) is 23.9 Å². The van der Waals surface area contributed by atoms with Crippen molar-refractivity contribution >= 4 is 5.69 Å². The maximum absolute atomic E-state index is 8.76. The zero-order valence-corrected chi connectivity index (χ0v) is 8.89. The van der Waals surface area contributed by atoms with Crippen molar-refractivity contribution < 1.29 is 4.74 Å². The lowest BCUT2D eigenvalue weighted by Gasteiger charge is -2.21. The number of hydrogen-bond acceptors (Lipinski definition) is 4. The molecule has 1 aromatic heterocycles. The van der Waals surface area contributed by atoms with E-state index in [9.17, 15) is 0 Å². The van der Waals surface area contributed by atoms with Gasteiger partial charge in [0.05, 0.1) is 18.2 Å². The molecule has 1 N–H and O–H groups in total. The van der Waals surface area contributed by atoms with Crippen LogP contribution in [0.1, 0.15) is 25.0 Å². The van der Waals surface area contributed by atoms with E-state index in [1.807, 2.05) is 12.1 Å². The van der Waals surface area contributed by atoms with Crippen LogP contribution in [0.15, 0.2) is 18.3 Å². The fraction of sp³-hybridized carbons (Fsp3) is 0.500. The Morgan fingerprint density at radius 3 is 3.12 bits per heavy atom. The summed E-state index contributed by atoms with van der Waals surface area (Å²) >= 11 is 0. The van der Waals surface area contributed by atoms with Crippen LogP contribution in [0.3, 0.4) is 0 Å². The molecular formula is C12H13N3O. The molecule has 0 amide bonds. The number of aromatic nitrogens is 1. The molecule has 2 aliphatic heterocycles. The Bertz CT molecular complexity index is 440. The van der Waals surface area contributed by atoms with Gasteiger partial charge in [-0.05, 0) is 31.4 Å². The van der Waals surface area contributed by atoms with Gasteiger partial charge in [-0.25, -0.2) is 4.98 Å². The van der Waals surface area contributed by atoms with Gasteiger partial charge in [0.15, 0.2) is 0 Å². The van der Waals surface area contributed by atoms with Crippen molar-refractivity contribution in [1.29, 1.82) is 5.26 Å². The number of pyridine rings is 1. The van der Waals surface area contributed by atoms with E-state index in [-0.39, 0.29) is 0 Å². The third-order valence-electron chi connectivity index (χ3n) is 3.33. The highest BCUT2D eigenvalue weighted by Gasteiger charge is 2.40. The normalized spacial score (nSPS) is 31.3. The number of ether oxygens (including phenoxy) is 1. The van der Waals surface area contributed by atoms with Gasteiger partial charge >= 0.3 is 0 Å². The molecule has 3 rings (SSSR count). The van der Waals surface area contributed by atoms with Crippen LogP contribution in [0.25, 0.3) is 0 Å². The molecule has 2 fully saturated rings. The minimum Gasteiger partial charge on any atom is -0.379 e. The molecule has 82 valence electrons. The van der Waals surface area contributed by atoms with E-state index in [1.54, 1.807) is 12.3 Å². The highest BCUT2D eigenvalue weighted by Crippen LogP contribution is 2.35. The summed E-state index contributed by atoms with van der Waals surface area (Å²) in [6.45, 7) is 0. The zero-order valence-electron chi connectivity index (χ0n) is 8.89. The van der Waals surface area contributed by atoms with Gasteiger partial charge in [0.1, 0.15) is 11.8 Å². The van der Waals surface area contributed by atoms with E-state index < -0.39 is 0 Å². The molecule has 0 spiro atoms. The third-order valence-corrected chi connectivity index (χ3v) is 3.33. The van der Waals surface area contributed by atoms with Crippen LogP contribution in [-0.4, -0.2) is 23.2 Å². The summed E-state index contributed by atoms with van der Waals surface area (Å²) in [6, 6.07) is 6.12. The number of nitrogens with one attached hydrogen (secondary N) is 1. The molecule has 0 aromatic carbocycles. The van der Waals surface area contributed by atoms with Crippen molar-refractivity contribution in [3.63, 3.8) is 0 Å². The van der Waals surface area contributed by atoms with Gasteiger partial charge in [-0.1, -0.05) is 0 Å². The Morgan fingerprint density at radius 2 is 2.44 bits per heavy atom. The number of fused-ring (bicyclic) bond motifs is 2. The predicted octanol–water partition coefficient (Wildman–Crippen LogP) is 1.69. The topological polar surface area (TPSA) is 57.9 Å². The maximum atomic E-state index is 8.76. The van der Waals surface area contributed by atoms with Crippen LogP contribution in [-0.2, 0) is 4.74 Å². The molecule has 16 heavy (non-hydrogen) atoms. The number of hydrogen-bond donors (Lipinski definition) is 1. The Hall–Kier alpha value is -1.60. The van der Waals surface area contributed by atoms with Gasteiger partial charge in [0.25, 0.3) is 0 Å². The summed E-state index contributed by atoms with van der Waals surface area (Å²) in [6.07, 6.45) is 5.88. The summed E-state index contributed by atoms with van der Waals surface area (Å²) in [5.74, 6) is 0. The first-order chi connectivity index (χ1) is 7.85. The Balaban J connectivity index is 1.72. The number of nitrogens with zero attached hydrogens (tertiary/aromatic N) is 2. The summed E-state index contributed by atoms with van der Waals surface area (Å²) < 4.78 is 5.77. The van der Waals surface area contributed by atoms with Crippen molar-refractivity contribution in [3.8, 4) is 6.07 Å². The molecule has 1 aromatic rings. The van der Waals surface area contributed by atoms with Crippen LogP contribution in [0.5, 0.6) is 0 Å². The van der Waals surface area contributed by atoms with Crippen molar-refractivity contribution in [2.75, 3.05) is 5.32 Å². The van der Waals surface area contributed by atoms with Gasteiger partial charge in [-0.15, -0.1) is 0 Å². The minimum atomic E-state index is 0.351. The lowest BCUT2D eigenvalue weighted by molar-refractivity contribution is 0.102. The lowest BCUT2D eigenvalue weighted by Crippen LogP contribution is -2.30. The fourth-order valence-corrected chi connectivity index (χ4v) is 2.59. The summed E-state index contributed by atoms with van der Waals surface area (Å²) in [7, 11) is 0. The molecule has 0 saturated carbocycles. The minimum absolute atomic E-state index is 0.351. The van der Waals surface area contributed by atoms with Gasteiger partial charge in [0, 0.05) is 11.9 Å². The molecule has 0 aliphatic carbocycles. The molecule has 4 nitrogen and oxygen atoms in total. The molecular weight excluding hydrogens is 202 g/mol. The Morgan fingerprint density at radius 1 is 1.50 bits per heavy atom. The van der Waals surface area contributed by atoms with Gasteiger partial charge in [0.2, 0.25) is 0 Å². The van der Waals surface area contributed by atoms with Crippen LogP contribution < -0.4 is 5.32 Å². The monoisotopic (exact) mass is 215 g/mol. The standard InChI is InChI=1S/C12H13N3O/c13-7-9-5-8(3-4-14-9)15-11-6-10-1-2-12(11)16-10/h3-5,10-12H,1-2,6H2,(H,14,15). The van der Waals surface area contributed by atoms with E-state index in [4.69, 9.17) is 10.00 Å². The van der Waals surface area contributed by atoms with E-state index in [2.05, 4.69) is 10.3 Å². The second-order valence-corrected chi connectivity index (χ2v) is 4.40. The Labute approximate surface area is 94.2 Å². The van der Waals surface area contributed by atoms with Gasteiger partial charge in [-0.2, -0.15) is 5.26 Å². The maximum Gasteiger partial charge on any atom is 0.142 e. The van der Waals surface area contributed by atoms with E-state index in [0.717, 1.165) is 18.5 Å². The molecule has 2 bridgehead atoms. The van der Waals surface area contributed by atoms with Crippen molar-refractivity contribution in [2.45, 2.75) is 37.5 Å². The largest absolute Gasteiger partial charge is 0.379 e. The smallest absolute Gasteiger partial charge is 0.142 e. The van der Waals surface area contributed by atoms with Gasteiger partial charge < -0.3 is 10.1 Å². The number of rotatable bonds is 2. The van der Waals surface area contributed by atoms with Crippen molar-refractivity contribution in [3.05, 3.63) is 24.0 Å². The Kier molecular flexibility index (Phi) is 2.26. The molecule has 3 heterocycles. The summed E-state index contributed by atoms with van der Waals surface area (Å²) in [4.78, 5) is 3.95. The highest BCUT2D eigenvalue weighted by molar-refractivity contribution is 5.47. The quantitative estimate of drug-likeness (QED) is 0.815. The molecule has 3 unspecified atom stereocenters. The second-order valence-electron chi connectivity index (χ2n) is 4.40. The number of nitriles is 1. The van der Waals surface area contributed by atoms with Crippen LogP contribution >= 0.6 is 0 Å². The highest BCUT2D eigenvalue weighted by atomic mass is 16.5. The van der Waals surface area contributed by atoms with Crippen molar-refractivity contribution in [1.82, 2.24) is 4.98 Å². The van der Waals surface area contributed by atoms with Crippen LogP contribution in [0.2, 0.25) is 0 Å². The van der Waals surface area contributed by atoms with E-state index >= 15 is 0 Å². The predicted molar refractivity (Wildman–Crippen MR) is 58.9 cm³/mol. The average Bonchev–Trinajstić information content (AvgIpc) is 2.91. The first-order valence-electron chi connectivity index (χ1n) is 5.63. The van der Waals surface area contributed by atoms with E-state index in [1.165, 1.54) is 6.42 Å².